The molecular formula is C23H24INO5. The maximum absolute atomic E-state index is 13.2. The summed E-state index contributed by atoms with van der Waals surface area (Å²) >= 11 is 2.24. The molecule has 158 valence electrons. The highest BCUT2D eigenvalue weighted by Gasteiger charge is 2.37. The largest absolute Gasteiger partial charge is 0.496 e. The van der Waals surface area contributed by atoms with Crippen LogP contribution in [0.2, 0.25) is 0 Å². The van der Waals surface area contributed by atoms with Gasteiger partial charge in [0.25, 0.3) is 0 Å². The van der Waals surface area contributed by atoms with Crippen LogP contribution in [0.1, 0.15) is 17.9 Å². The summed E-state index contributed by atoms with van der Waals surface area (Å²) in [6.45, 7) is 0.853. The monoisotopic (exact) mass is 521 g/mol. The number of aliphatic hydroxyl groups is 1. The standard InChI is InChI=1S/C23H24INO5/c1-25-8-7-15(16(25)12-26)21-19(28-2)11-20(29-3)22-17(27)10-18(30-23(21)22)13-5-4-6-14(24)9-13/h4-6,9-11,15-16,26H,7-8,12H2,1-3H3/t15-,16+/m0/s1. The molecule has 1 N–H and O–H groups in total. The number of hydrogen-bond donors (Lipinski definition) is 1. The molecule has 0 aliphatic carbocycles. The highest BCUT2D eigenvalue weighted by atomic mass is 127. The van der Waals surface area contributed by atoms with Crippen LogP contribution in [-0.4, -0.2) is 50.5 Å². The van der Waals surface area contributed by atoms with Crippen LogP contribution in [0.15, 0.2) is 45.6 Å². The first-order chi connectivity index (χ1) is 14.5. The summed E-state index contributed by atoms with van der Waals surface area (Å²) < 4.78 is 18.6. The molecule has 0 bridgehead atoms. The molecule has 0 saturated carbocycles. The molecule has 0 spiro atoms. The molecular weight excluding hydrogens is 497 g/mol. The Morgan fingerprint density at radius 2 is 1.97 bits per heavy atom. The van der Waals surface area contributed by atoms with Crippen molar-refractivity contribution in [3.63, 3.8) is 0 Å². The first-order valence-electron chi connectivity index (χ1n) is 9.78. The third kappa shape index (κ3) is 3.59. The minimum Gasteiger partial charge on any atom is -0.496 e. The number of fused-ring (bicyclic) bond motifs is 1. The molecule has 6 nitrogen and oxygen atoms in total. The minimum atomic E-state index is -0.169. The van der Waals surface area contributed by atoms with E-state index < -0.39 is 0 Å². The van der Waals surface area contributed by atoms with Crippen molar-refractivity contribution in [1.29, 1.82) is 0 Å². The lowest BCUT2D eigenvalue weighted by Crippen LogP contribution is -2.32. The maximum Gasteiger partial charge on any atom is 0.197 e. The fourth-order valence-corrected chi connectivity index (χ4v) is 4.92. The van der Waals surface area contributed by atoms with Gasteiger partial charge in [-0.2, -0.15) is 0 Å². The molecule has 1 aliphatic heterocycles. The number of ether oxygens (including phenoxy) is 2. The van der Waals surface area contributed by atoms with Gasteiger partial charge in [0, 0.05) is 38.8 Å². The predicted octanol–water partition coefficient (Wildman–Crippen LogP) is 3.86. The molecule has 1 fully saturated rings. The molecule has 1 aromatic heterocycles. The van der Waals surface area contributed by atoms with E-state index >= 15 is 0 Å². The predicted molar refractivity (Wildman–Crippen MR) is 125 cm³/mol. The van der Waals surface area contributed by atoms with E-state index in [4.69, 9.17) is 13.9 Å². The first-order valence-corrected chi connectivity index (χ1v) is 10.9. The second-order valence-corrected chi connectivity index (χ2v) is 8.76. The number of hydrogen-bond acceptors (Lipinski definition) is 6. The van der Waals surface area contributed by atoms with Gasteiger partial charge in [0.15, 0.2) is 5.43 Å². The minimum absolute atomic E-state index is 0.0125. The van der Waals surface area contributed by atoms with Crippen LogP contribution in [0.5, 0.6) is 11.5 Å². The number of benzene rings is 2. The van der Waals surface area contributed by atoms with Crippen molar-refractivity contribution < 1.29 is 19.0 Å². The first kappa shape index (κ1) is 21.1. The zero-order chi connectivity index (χ0) is 21.4. The van der Waals surface area contributed by atoms with Crippen LogP contribution in [0.25, 0.3) is 22.3 Å². The fraction of sp³-hybridized carbons (Fsp3) is 0.348. The summed E-state index contributed by atoms with van der Waals surface area (Å²) in [5.41, 5.74) is 1.93. The molecule has 2 heterocycles. The molecule has 0 radical (unpaired) electrons. The summed E-state index contributed by atoms with van der Waals surface area (Å²) in [7, 11) is 5.12. The van der Waals surface area contributed by atoms with Gasteiger partial charge in [0.2, 0.25) is 0 Å². The fourth-order valence-electron chi connectivity index (χ4n) is 4.37. The third-order valence-electron chi connectivity index (χ3n) is 5.90. The van der Waals surface area contributed by atoms with Gasteiger partial charge < -0.3 is 23.9 Å². The Morgan fingerprint density at radius 1 is 1.20 bits per heavy atom. The van der Waals surface area contributed by atoms with Crippen molar-refractivity contribution in [3.05, 3.63) is 55.8 Å². The Bertz CT molecular complexity index is 1140. The zero-order valence-corrected chi connectivity index (χ0v) is 19.3. The Morgan fingerprint density at radius 3 is 2.63 bits per heavy atom. The molecule has 0 unspecified atom stereocenters. The topological polar surface area (TPSA) is 72.1 Å². The van der Waals surface area contributed by atoms with E-state index in [1.54, 1.807) is 13.2 Å². The lowest BCUT2D eigenvalue weighted by Gasteiger charge is -2.25. The average Bonchev–Trinajstić information content (AvgIpc) is 3.12. The van der Waals surface area contributed by atoms with E-state index in [2.05, 4.69) is 27.5 Å². The molecule has 1 aliphatic rings. The zero-order valence-electron chi connectivity index (χ0n) is 17.1. The molecule has 2 atom stereocenters. The molecule has 1 saturated heterocycles. The van der Waals surface area contributed by atoms with Crippen molar-refractivity contribution >= 4 is 33.6 Å². The van der Waals surface area contributed by atoms with E-state index in [1.165, 1.54) is 13.2 Å². The van der Waals surface area contributed by atoms with Crippen LogP contribution >= 0.6 is 22.6 Å². The highest BCUT2D eigenvalue weighted by Crippen LogP contribution is 2.44. The van der Waals surface area contributed by atoms with E-state index in [0.717, 1.165) is 27.7 Å². The second kappa shape index (κ2) is 8.56. The van der Waals surface area contributed by atoms with E-state index in [9.17, 15) is 9.90 Å². The number of methoxy groups -OCH3 is 2. The number of nitrogens with zero attached hydrogens (tertiary/aromatic N) is 1. The van der Waals surface area contributed by atoms with Crippen molar-refractivity contribution in [2.75, 3.05) is 34.4 Å². The molecule has 3 aromatic rings. The molecule has 7 heteroatoms. The van der Waals surface area contributed by atoms with Crippen LogP contribution in [0.4, 0.5) is 0 Å². The van der Waals surface area contributed by atoms with Crippen molar-refractivity contribution in [2.45, 2.75) is 18.4 Å². The molecule has 0 amide bonds. The van der Waals surface area contributed by atoms with Crippen LogP contribution < -0.4 is 14.9 Å². The molecule has 2 aromatic carbocycles. The van der Waals surface area contributed by atoms with Crippen LogP contribution in [-0.2, 0) is 0 Å². The number of likely N-dealkylation sites (N-methyl/N-ethyl adjacent to an activating group) is 1. The van der Waals surface area contributed by atoms with Gasteiger partial charge in [-0.1, -0.05) is 12.1 Å². The van der Waals surface area contributed by atoms with Crippen molar-refractivity contribution in [1.82, 2.24) is 4.90 Å². The maximum atomic E-state index is 13.2. The molecule has 30 heavy (non-hydrogen) atoms. The van der Waals surface area contributed by atoms with Crippen molar-refractivity contribution in [3.8, 4) is 22.8 Å². The van der Waals surface area contributed by atoms with Gasteiger partial charge >= 0.3 is 0 Å². The number of likely N-dealkylation sites (tertiary alicyclic amines) is 1. The Labute approximate surface area is 188 Å². The Kier molecular flexibility index (Phi) is 6.04. The Hall–Kier alpha value is -2.10. The SMILES string of the molecule is COc1cc(OC)c2c(=O)cc(-c3cccc(I)c3)oc2c1[C@H]1CCN(C)[C@@H]1CO. The number of rotatable bonds is 5. The van der Waals surface area contributed by atoms with E-state index in [1.807, 2.05) is 31.3 Å². The summed E-state index contributed by atoms with van der Waals surface area (Å²) in [6, 6.07) is 11.0. The van der Waals surface area contributed by atoms with Gasteiger partial charge in [-0.3, -0.25) is 4.79 Å². The summed E-state index contributed by atoms with van der Waals surface area (Å²) in [4.78, 5) is 15.3. The van der Waals surface area contributed by atoms with Gasteiger partial charge in [-0.15, -0.1) is 0 Å². The quantitative estimate of drug-likeness (QED) is 0.515. The highest BCUT2D eigenvalue weighted by molar-refractivity contribution is 14.1. The van der Waals surface area contributed by atoms with Gasteiger partial charge in [-0.05, 0) is 54.7 Å². The van der Waals surface area contributed by atoms with Gasteiger partial charge in [0.05, 0.1) is 20.8 Å². The number of aliphatic hydroxyl groups excluding tert-OH is 1. The van der Waals surface area contributed by atoms with Crippen molar-refractivity contribution in [2.24, 2.45) is 0 Å². The van der Waals surface area contributed by atoms with Gasteiger partial charge in [-0.25, -0.2) is 0 Å². The second-order valence-electron chi connectivity index (χ2n) is 7.51. The van der Waals surface area contributed by atoms with E-state index in [0.29, 0.717) is 28.2 Å². The smallest absolute Gasteiger partial charge is 0.197 e. The Balaban J connectivity index is 2.05. The van der Waals surface area contributed by atoms with Crippen LogP contribution in [0.3, 0.4) is 0 Å². The normalized spacial score (nSPS) is 19.4. The lowest BCUT2D eigenvalue weighted by atomic mass is 9.89. The third-order valence-corrected chi connectivity index (χ3v) is 6.57. The van der Waals surface area contributed by atoms with E-state index in [-0.39, 0.29) is 24.0 Å². The van der Waals surface area contributed by atoms with Gasteiger partial charge in [0.1, 0.15) is 28.2 Å². The summed E-state index contributed by atoms with van der Waals surface area (Å²) in [5.74, 6) is 1.48. The summed E-state index contributed by atoms with van der Waals surface area (Å²) in [5, 5.41) is 10.4. The molecule has 4 rings (SSSR count). The van der Waals surface area contributed by atoms with Crippen LogP contribution in [0, 0.1) is 3.57 Å². The average molecular weight is 521 g/mol. The summed E-state index contributed by atoms with van der Waals surface area (Å²) in [6.07, 6.45) is 0.830. The lowest BCUT2D eigenvalue weighted by molar-refractivity contribution is 0.171. The number of halogens is 1.